The second-order valence-corrected chi connectivity index (χ2v) is 5.94. The summed E-state index contributed by atoms with van der Waals surface area (Å²) in [5.74, 6) is -0.895. The zero-order chi connectivity index (χ0) is 21.3. The fourth-order valence-electron chi connectivity index (χ4n) is 2.38. The third kappa shape index (κ3) is 8.12. The van der Waals surface area contributed by atoms with Crippen LogP contribution in [-0.4, -0.2) is 32.0 Å². The Balaban J connectivity index is 1.73. The van der Waals surface area contributed by atoms with Crippen LogP contribution in [0.5, 0.6) is 11.5 Å². The number of nitrogens with one attached hydrogen (secondary N) is 1. The first kappa shape index (κ1) is 22.1. The van der Waals surface area contributed by atoms with E-state index in [4.69, 9.17) is 9.47 Å². The number of amides is 1. The Hall–Kier alpha value is -3.23. The number of aryl methyl sites for hydroxylation is 1. The summed E-state index contributed by atoms with van der Waals surface area (Å²) in [6.45, 7) is -0.724. The fourth-order valence-corrected chi connectivity index (χ4v) is 2.38. The van der Waals surface area contributed by atoms with Gasteiger partial charge in [-0.25, -0.2) is 0 Å². The molecule has 156 valence electrons. The molecule has 0 bridgehead atoms. The van der Waals surface area contributed by atoms with Crippen molar-refractivity contribution in [1.29, 1.82) is 0 Å². The molecule has 2 rings (SSSR count). The van der Waals surface area contributed by atoms with Crippen LogP contribution in [0.4, 0.5) is 13.2 Å². The van der Waals surface area contributed by atoms with Gasteiger partial charge in [0, 0.05) is 18.5 Å². The molecule has 0 aromatic heterocycles. The maximum Gasteiger partial charge on any atom is 0.573 e. The lowest BCUT2D eigenvalue weighted by Crippen LogP contribution is -2.29. The molecular weight excluding hydrogens is 391 g/mol. The number of carbonyl (C=O) groups excluding carboxylic acids is 2. The maximum atomic E-state index is 12.4. The van der Waals surface area contributed by atoms with Gasteiger partial charge >= 0.3 is 12.3 Å². The predicted octanol–water partition coefficient (Wildman–Crippen LogP) is 3.39. The molecule has 9 heteroatoms. The van der Waals surface area contributed by atoms with E-state index < -0.39 is 30.6 Å². The van der Waals surface area contributed by atoms with Crippen LogP contribution in [0.1, 0.15) is 17.5 Å². The number of methoxy groups -OCH3 is 1. The summed E-state index contributed by atoms with van der Waals surface area (Å²) in [4.78, 5) is 23.6. The van der Waals surface area contributed by atoms with E-state index in [1.807, 2.05) is 12.1 Å². The Bertz CT molecular complexity index is 822. The van der Waals surface area contributed by atoms with E-state index in [0.717, 1.165) is 11.6 Å². The molecule has 29 heavy (non-hydrogen) atoms. The lowest BCUT2D eigenvalue weighted by atomic mass is 10.1. The first-order valence-corrected chi connectivity index (χ1v) is 8.66. The van der Waals surface area contributed by atoms with Gasteiger partial charge in [0.2, 0.25) is 0 Å². The average Bonchev–Trinajstić information content (AvgIpc) is 2.69. The highest BCUT2D eigenvalue weighted by molar-refractivity contribution is 5.80. The van der Waals surface area contributed by atoms with Gasteiger partial charge in [0.15, 0.2) is 6.61 Å². The van der Waals surface area contributed by atoms with Crippen molar-refractivity contribution in [3.8, 4) is 11.5 Å². The zero-order valence-electron chi connectivity index (χ0n) is 15.6. The molecule has 0 radical (unpaired) electrons. The van der Waals surface area contributed by atoms with Crippen molar-refractivity contribution in [2.75, 3.05) is 13.7 Å². The lowest BCUT2D eigenvalue weighted by molar-refractivity contribution is -0.274. The Morgan fingerprint density at radius 2 is 1.72 bits per heavy atom. The van der Waals surface area contributed by atoms with Crippen LogP contribution in [-0.2, 0) is 27.3 Å². The quantitative estimate of drug-likeness (QED) is 0.641. The number of esters is 1. The van der Waals surface area contributed by atoms with E-state index in [1.165, 1.54) is 18.2 Å². The normalized spacial score (nSPS) is 10.9. The van der Waals surface area contributed by atoms with Gasteiger partial charge in [0.05, 0.1) is 7.11 Å². The van der Waals surface area contributed by atoms with Gasteiger partial charge in [0.25, 0.3) is 5.91 Å². The van der Waals surface area contributed by atoms with E-state index in [-0.39, 0.29) is 18.5 Å². The molecule has 0 heterocycles. The number of halogens is 3. The number of carbonyl (C=O) groups is 2. The number of alkyl halides is 3. The molecule has 1 N–H and O–H groups in total. The van der Waals surface area contributed by atoms with E-state index >= 15 is 0 Å². The molecular formula is C20H20F3NO5. The first-order chi connectivity index (χ1) is 13.8. The molecule has 0 saturated carbocycles. The highest BCUT2D eigenvalue weighted by Gasteiger charge is 2.31. The van der Waals surface area contributed by atoms with Crippen LogP contribution >= 0.6 is 0 Å². The fraction of sp³-hybridized carbons (Fsp3) is 0.300. The number of hydrogen-bond acceptors (Lipinski definition) is 5. The van der Waals surface area contributed by atoms with E-state index in [9.17, 15) is 22.8 Å². The minimum absolute atomic E-state index is 0.0852. The van der Waals surface area contributed by atoms with E-state index in [1.54, 1.807) is 19.2 Å². The highest BCUT2D eigenvalue weighted by atomic mass is 19.4. The van der Waals surface area contributed by atoms with E-state index in [0.29, 0.717) is 12.2 Å². The number of benzene rings is 2. The van der Waals surface area contributed by atoms with Crippen molar-refractivity contribution in [1.82, 2.24) is 5.32 Å². The molecule has 2 aromatic carbocycles. The largest absolute Gasteiger partial charge is 0.573 e. The number of para-hydroxylation sites is 1. The number of rotatable bonds is 9. The molecule has 0 aliphatic rings. The van der Waals surface area contributed by atoms with Crippen molar-refractivity contribution in [3.05, 3.63) is 59.7 Å². The van der Waals surface area contributed by atoms with Crippen molar-refractivity contribution < 1.29 is 37.0 Å². The second kappa shape index (κ2) is 10.4. The molecule has 2 aromatic rings. The smallest absolute Gasteiger partial charge is 0.497 e. The Labute approximate surface area is 165 Å². The summed E-state index contributed by atoms with van der Waals surface area (Å²) in [6, 6.07) is 12.6. The van der Waals surface area contributed by atoms with E-state index in [2.05, 4.69) is 10.1 Å². The number of ether oxygens (including phenoxy) is 3. The summed E-state index contributed by atoms with van der Waals surface area (Å²) in [6.07, 6.45) is -4.31. The van der Waals surface area contributed by atoms with Gasteiger partial charge in [-0.05, 0) is 30.2 Å². The second-order valence-electron chi connectivity index (χ2n) is 5.94. The molecule has 0 saturated heterocycles. The van der Waals surface area contributed by atoms with Crippen molar-refractivity contribution in [3.63, 3.8) is 0 Å². The zero-order valence-corrected chi connectivity index (χ0v) is 15.6. The standard InChI is InChI=1S/C20H20F3NO5/c1-27-16-9-6-14(7-10-16)8-11-19(26)28-13-18(25)24-12-15-4-2-3-5-17(15)29-20(21,22)23/h2-7,9-10H,8,11-13H2,1H3,(H,24,25). The predicted molar refractivity (Wildman–Crippen MR) is 97.2 cm³/mol. The van der Waals surface area contributed by atoms with Crippen molar-refractivity contribution in [2.45, 2.75) is 25.7 Å². The Kier molecular flexibility index (Phi) is 7.88. The van der Waals surface area contributed by atoms with Gasteiger partial charge in [0.1, 0.15) is 11.5 Å². The SMILES string of the molecule is COc1ccc(CCC(=O)OCC(=O)NCc2ccccc2OC(F)(F)F)cc1. The Morgan fingerprint density at radius 1 is 1.03 bits per heavy atom. The third-order valence-electron chi connectivity index (χ3n) is 3.82. The molecule has 1 amide bonds. The summed E-state index contributed by atoms with van der Waals surface area (Å²) >= 11 is 0. The molecule has 0 spiro atoms. The van der Waals surface area contributed by atoms with Crippen LogP contribution in [0.15, 0.2) is 48.5 Å². The monoisotopic (exact) mass is 411 g/mol. The van der Waals surface area contributed by atoms with Crippen LogP contribution in [0.3, 0.4) is 0 Å². The topological polar surface area (TPSA) is 73.9 Å². The van der Waals surface area contributed by atoms with Gasteiger partial charge in [-0.15, -0.1) is 13.2 Å². The van der Waals surface area contributed by atoms with Gasteiger partial charge in [-0.2, -0.15) is 0 Å². The van der Waals surface area contributed by atoms with Gasteiger partial charge < -0.3 is 19.5 Å². The molecule has 0 aliphatic carbocycles. The van der Waals surface area contributed by atoms with Crippen molar-refractivity contribution >= 4 is 11.9 Å². The lowest BCUT2D eigenvalue weighted by Gasteiger charge is -2.13. The molecule has 0 atom stereocenters. The summed E-state index contributed by atoms with van der Waals surface area (Å²) < 4.78 is 51.0. The summed E-state index contributed by atoms with van der Waals surface area (Å²) in [7, 11) is 1.55. The maximum absolute atomic E-state index is 12.4. The Morgan fingerprint density at radius 3 is 2.38 bits per heavy atom. The van der Waals surface area contributed by atoms with Gasteiger partial charge in [-0.1, -0.05) is 30.3 Å². The molecule has 0 fully saturated rings. The molecule has 6 nitrogen and oxygen atoms in total. The minimum Gasteiger partial charge on any atom is -0.497 e. The third-order valence-corrected chi connectivity index (χ3v) is 3.82. The van der Waals surface area contributed by atoms with Crippen LogP contribution < -0.4 is 14.8 Å². The highest BCUT2D eigenvalue weighted by Crippen LogP contribution is 2.26. The molecule has 0 aliphatic heterocycles. The minimum atomic E-state index is -4.83. The first-order valence-electron chi connectivity index (χ1n) is 8.66. The van der Waals surface area contributed by atoms with Crippen molar-refractivity contribution in [2.24, 2.45) is 0 Å². The average molecular weight is 411 g/mol. The number of hydrogen-bond donors (Lipinski definition) is 1. The summed E-state index contributed by atoms with van der Waals surface area (Å²) in [5.41, 5.74) is 1.05. The van der Waals surface area contributed by atoms with Crippen LogP contribution in [0, 0.1) is 0 Å². The summed E-state index contributed by atoms with van der Waals surface area (Å²) in [5, 5.41) is 2.39. The van der Waals surface area contributed by atoms with Crippen LogP contribution in [0.2, 0.25) is 0 Å². The van der Waals surface area contributed by atoms with Gasteiger partial charge in [-0.3, -0.25) is 9.59 Å². The van der Waals surface area contributed by atoms with Crippen LogP contribution in [0.25, 0.3) is 0 Å². The molecule has 0 unspecified atom stereocenters.